The zero-order valence-corrected chi connectivity index (χ0v) is 31.3. The second kappa shape index (κ2) is 19.3. The summed E-state index contributed by atoms with van der Waals surface area (Å²) in [5.74, 6) is -1.70. The largest absolute Gasteiger partial charge is 0.460 e. The number of rotatable bonds is 11. The van der Waals surface area contributed by atoms with E-state index in [-0.39, 0.29) is 50.0 Å². The highest BCUT2D eigenvalue weighted by molar-refractivity contribution is 5.81. The van der Waals surface area contributed by atoms with Gasteiger partial charge in [0.1, 0.15) is 55.4 Å². The van der Waals surface area contributed by atoms with Crippen molar-refractivity contribution >= 4 is 5.97 Å². The monoisotopic (exact) mass is 808 g/mol. The number of carbonyl (C=O) groups is 1. The Morgan fingerprint density at radius 2 is 1.29 bits per heavy atom. The Hall–Kier alpha value is -1.47. The molecule has 0 aromatic heterocycles. The van der Waals surface area contributed by atoms with Gasteiger partial charge in [0.25, 0.3) is 0 Å². The molecule has 3 aliphatic carbocycles. The number of carbonyl (C=O) groups excluding carboxylic acids is 1. The maximum absolute atomic E-state index is 12.7. The molecule has 56 heavy (non-hydrogen) atoms. The first-order valence-corrected chi connectivity index (χ1v) is 19.8. The van der Waals surface area contributed by atoms with Gasteiger partial charge in [0, 0.05) is 25.5 Å². The highest BCUT2D eigenvalue weighted by Gasteiger charge is 2.54. The maximum atomic E-state index is 12.7. The van der Waals surface area contributed by atoms with E-state index in [1.807, 2.05) is 0 Å². The third kappa shape index (κ3) is 9.93. The minimum atomic E-state index is -1.78. The van der Waals surface area contributed by atoms with Gasteiger partial charge in [0.2, 0.25) is 0 Å². The topological polar surface area (TPSA) is 304 Å². The molecule has 19 nitrogen and oxygen atoms in total. The molecule has 0 aromatic rings. The summed E-state index contributed by atoms with van der Waals surface area (Å²) >= 11 is 0. The summed E-state index contributed by atoms with van der Waals surface area (Å²) in [6.45, 7) is -1.18. The Kier molecular flexibility index (Phi) is 15.2. The van der Waals surface area contributed by atoms with Crippen LogP contribution in [-0.2, 0) is 38.0 Å². The number of methoxy groups -OCH3 is 1. The van der Waals surface area contributed by atoms with Crippen LogP contribution in [0.5, 0.6) is 0 Å². The molecule has 0 aromatic carbocycles. The summed E-state index contributed by atoms with van der Waals surface area (Å²) in [5, 5.41) is 116. The van der Waals surface area contributed by atoms with E-state index in [4.69, 9.17) is 33.2 Å². The van der Waals surface area contributed by atoms with Gasteiger partial charge in [0.05, 0.1) is 61.5 Å². The van der Waals surface area contributed by atoms with Crippen molar-refractivity contribution in [3.05, 3.63) is 12.2 Å². The minimum Gasteiger partial charge on any atom is -0.460 e. The van der Waals surface area contributed by atoms with Crippen molar-refractivity contribution in [1.29, 1.82) is 0 Å². The lowest BCUT2D eigenvalue weighted by atomic mass is 9.72. The standard InChI is InChI=1S/C37H60O19/c1-50-24-8-15(2-5-20(24)41)3-7-28(43)51-14-27-30(45)32(47)34(49)37(56-27)54-25-12-18-22(52-35(25)16-4-6-19(40)21(42)9-16)10-17(39)11-23(18)53-36-33(48)31(46)29(44)26(13-38)55-36/h3,7,15-27,29-42,44-49H,2,4-6,8-14H2,1H3. The lowest BCUT2D eigenvalue weighted by Crippen LogP contribution is -2.63. The first-order chi connectivity index (χ1) is 26.7. The third-order valence-corrected chi connectivity index (χ3v) is 12.6. The van der Waals surface area contributed by atoms with Crippen LogP contribution < -0.4 is 0 Å². The molecule has 6 aliphatic rings. The maximum Gasteiger partial charge on any atom is 0.330 e. The lowest BCUT2D eigenvalue weighted by molar-refractivity contribution is -0.344. The molecule has 322 valence electrons. The summed E-state index contributed by atoms with van der Waals surface area (Å²) in [5.41, 5.74) is 0. The average Bonchev–Trinajstić information content (AvgIpc) is 3.18. The van der Waals surface area contributed by atoms with Crippen LogP contribution in [0, 0.1) is 17.8 Å². The first-order valence-electron chi connectivity index (χ1n) is 19.8. The van der Waals surface area contributed by atoms with Crippen molar-refractivity contribution < 1.29 is 94.1 Å². The molecule has 0 amide bonds. The Morgan fingerprint density at radius 3 is 1.95 bits per heavy atom. The molecule has 3 saturated carbocycles. The summed E-state index contributed by atoms with van der Waals surface area (Å²) in [7, 11) is 1.51. The summed E-state index contributed by atoms with van der Waals surface area (Å²) < 4.78 is 41.3. The predicted molar refractivity (Wildman–Crippen MR) is 186 cm³/mol. The van der Waals surface area contributed by atoms with E-state index in [0.29, 0.717) is 25.7 Å². The molecule has 11 N–H and O–H groups in total. The first kappa shape index (κ1) is 44.1. The smallest absolute Gasteiger partial charge is 0.330 e. The summed E-state index contributed by atoms with van der Waals surface area (Å²) in [6.07, 6.45) is -17.1. The quantitative estimate of drug-likeness (QED) is 0.0702. The SMILES string of the molecule is COC1CC(C=CC(=O)OCC2OC(OC3CC4C(OC5OC(CO)C(O)C(O)C5O)CC(O)CC4OC3C3CCC(O)C(O)C3)C(O)C(O)C2O)CCC1O. The van der Waals surface area contributed by atoms with Crippen LogP contribution in [0.4, 0.5) is 0 Å². The van der Waals surface area contributed by atoms with Crippen molar-refractivity contribution in [2.75, 3.05) is 20.3 Å². The Bertz CT molecular complexity index is 1290. The van der Waals surface area contributed by atoms with E-state index in [1.54, 1.807) is 6.08 Å². The van der Waals surface area contributed by atoms with Gasteiger partial charge in [-0.2, -0.15) is 0 Å². The number of ether oxygens (including phenoxy) is 7. The molecule has 3 saturated heterocycles. The van der Waals surface area contributed by atoms with Crippen molar-refractivity contribution in [2.24, 2.45) is 17.8 Å². The lowest BCUT2D eigenvalue weighted by Gasteiger charge is -2.52. The fourth-order valence-electron chi connectivity index (χ4n) is 9.23. The highest BCUT2D eigenvalue weighted by atomic mass is 16.7. The normalized spacial score (nSPS) is 50.4. The fourth-order valence-corrected chi connectivity index (χ4v) is 9.23. The van der Waals surface area contributed by atoms with Gasteiger partial charge in [-0.15, -0.1) is 0 Å². The number of aliphatic hydroxyl groups is 11. The molecule has 3 heterocycles. The summed E-state index contributed by atoms with van der Waals surface area (Å²) in [6, 6.07) is 0. The van der Waals surface area contributed by atoms with Crippen molar-refractivity contribution in [3.8, 4) is 0 Å². The van der Waals surface area contributed by atoms with E-state index < -0.39 is 135 Å². The Balaban J connectivity index is 1.16. The molecule has 3 aliphatic heterocycles. The molecular weight excluding hydrogens is 748 g/mol. The fraction of sp³-hybridized carbons (Fsp3) is 0.919. The molecular formula is C37H60O19. The van der Waals surface area contributed by atoms with E-state index in [9.17, 15) is 61.0 Å². The van der Waals surface area contributed by atoms with Crippen LogP contribution >= 0.6 is 0 Å². The van der Waals surface area contributed by atoms with Gasteiger partial charge >= 0.3 is 5.97 Å². The van der Waals surface area contributed by atoms with Gasteiger partial charge in [0.15, 0.2) is 12.6 Å². The van der Waals surface area contributed by atoms with Crippen molar-refractivity contribution in [1.82, 2.24) is 0 Å². The van der Waals surface area contributed by atoms with Crippen LogP contribution in [0.15, 0.2) is 12.2 Å². The van der Waals surface area contributed by atoms with E-state index in [1.165, 1.54) is 13.2 Å². The van der Waals surface area contributed by atoms with Gasteiger partial charge in [-0.3, -0.25) is 0 Å². The number of allylic oxidation sites excluding steroid dienone is 1. The van der Waals surface area contributed by atoms with Crippen LogP contribution in [0.1, 0.15) is 57.8 Å². The van der Waals surface area contributed by atoms with Gasteiger partial charge < -0.3 is 89.3 Å². The number of hydrogen-bond donors (Lipinski definition) is 11. The van der Waals surface area contributed by atoms with Gasteiger partial charge in [-0.25, -0.2) is 4.79 Å². The number of hydrogen-bond acceptors (Lipinski definition) is 19. The molecule has 6 rings (SSSR count). The van der Waals surface area contributed by atoms with Crippen LogP contribution in [0.2, 0.25) is 0 Å². The number of fused-ring (bicyclic) bond motifs is 1. The molecule has 19 heteroatoms. The zero-order valence-electron chi connectivity index (χ0n) is 31.3. The van der Waals surface area contributed by atoms with E-state index >= 15 is 0 Å². The molecule has 22 unspecified atom stereocenters. The molecule has 0 bridgehead atoms. The van der Waals surface area contributed by atoms with Gasteiger partial charge in [-0.05, 0) is 63.2 Å². The highest BCUT2D eigenvalue weighted by Crippen LogP contribution is 2.45. The average molecular weight is 809 g/mol. The second-order valence-electron chi connectivity index (χ2n) is 16.3. The second-order valence-corrected chi connectivity index (χ2v) is 16.3. The summed E-state index contributed by atoms with van der Waals surface area (Å²) in [4.78, 5) is 12.7. The number of aliphatic hydroxyl groups excluding tert-OH is 11. The van der Waals surface area contributed by atoms with Crippen LogP contribution in [0.3, 0.4) is 0 Å². The van der Waals surface area contributed by atoms with Crippen molar-refractivity contribution in [3.63, 3.8) is 0 Å². The van der Waals surface area contributed by atoms with Crippen LogP contribution in [-0.4, -0.2) is 199 Å². The predicted octanol–water partition coefficient (Wildman–Crippen LogP) is -3.91. The number of esters is 1. The molecule has 6 fully saturated rings. The Morgan fingerprint density at radius 1 is 0.643 bits per heavy atom. The minimum absolute atomic E-state index is 0.0319. The molecule has 22 atom stereocenters. The van der Waals surface area contributed by atoms with Crippen molar-refractivity contribution in [2.45, 2.75) is 174 Å². The van der Waals surface area contributed by atoms with Crippen LogP contribution in [0.25, 0.3) is 0 Å². The Labute approximate surface area is 324 Å². The molecule has 0 spiro atoms. The van der Waals surface area contributed by atoms with Gasteiger partial charge in [-0.1, -0.05) is 6.08 Å². The third-order valence-electron chi connectivity index (χ3n) is 12.6. The zero-order chi connectivity index (χ0) is 40.4. The van der Waals surface area contributed by atoms with E-state index in [0.717, 1.165) is 0 Å². The molecule has 0 radical (unpaired) electrons. The van der Waals surface area contributed by atoms with E-state index in [2.05, 4.69) is 0 Å².